The molecule has 0 radical (unpaired) electrons. The van der Waals surface area contributed by atoms with E-state index in [1.165, 1.54) is 18.2 Å². The zero-order chi connectivity index (χ0) is 19.4. The Morgan fingerprint density at radius 1 is 1.37 bits per heavy atom. The molecule has 0 saturated heterocycles. The summed E-state index contributed by atoms with van der Waals surface area (Å²) in [5.74, 6) is -0.436. The minimum atomic E-state index is -0.604. The van der Waals surface area contributed by atoms with E-state index in [2.05, 4.69) is 16.4 Å². The third-order valence-electron chi connectivity index (χ3n) is 4.16. The van der Waals surface area contributed by atoms with Gasteiger partial charge >= 0.3 is 0 Å². The average Bonchev–Trinajstić information content (AvgIpc) is 2.66. The zero-order valence-corrected chi connectivity index (χ0v) is 15.8. The number of fused-ring (bicyclic) bond motifs is 1. The van der Waals surface area contributed by atoms with Crippen LogP contribution in [0.25, 0.3) is 0 Å². The first-order valence-electron chi connectivity index (χ1n) is 8.27. The van der Waals surface area contributed by atoms with Crippen LogP contribution in [-0.4, -0.2) is 21.6 Å². The molecule has 0 aliphatic heterocycles. The Morgan fingerprint density at radius 2 is 2.15 bits per heavy atom. The second-order valence-corrected chi connectivity index (χ2v) is 7.42. The number of nitrogens with zero attached hydrogens (tertiary/aromatic N) is 3. The van der Waals surface area contributed by atoms with Gasteiger partial charge in [0.15, 0.2) is 0 Å². The van der Waals surface area contributed by atoms with Crippen LogP contribution in [0.3, 0.4) is 0 Å². The van der Waals surface area contributed by atoms with Crippen LogP contribution in [0.4, 0.5) is 11.4 Å². The summed E-state index contributed by atoms with van der Waals surface area (Å²) in [6.07, 6.45) is 3.95. The Bertz CT molecular complexity index is 958. The number of rotatable bonds is 5. The molecule has 1 heterocycles. The number of nitro groups is 1. The van der Waals surface area contributed by atoms with Crippen LogP contribution in [0.15, 0.2) is 29.3 Å². The van der Waals surface area contributed by atoms with E-state index in [0.717, 1.165) is 48.7 Å². The second-order valence-electron chi connectivity index (χ2n) is 6.02. The molecule has 1 aliphatic rings. The molecule has 0 saturated carbocycles. The Balaban J connectivity index is 1.72. The molecule has 1 aliphatic carbocycles. The number of amides is 1. The number of anilines is 1. The number of nitro benzene ring substituents is 1. The number of hydrogen-bond acceptors (Lipinski definition) is 6. The van der Waals surface area contributed by atoms with Gasteiger partial charge in [-0.15, -0.1) is 0 Å². The van der Waals surface area contributed by atoms with Crippen molar-refractivity contribution in [2.24, 2.45) is 0 Å². The van der Waals surface area contributed by atoms with Gasteiger partial charge in [-0.05, 0) is 49.4 Å². The average molecular weight is 403 g/mol. The van der Waals surface area contributed by atoms with Crippen molar-refractivity contribution in [3.8, 4) is 6.07 Å². The van der Waals surface area contributed by atoms with E-state index in [9.17, 15) is 20.2 Å². The topological polar surface area (TPSA) is 109 Å². The van der Waals surface area contributed by atoms with Crippen LogP contribution in [0.5, 0.6) is 0 Å². The van der Waals surface area contributed by atoms with Crippen LogP contribution in [0.2, 0.25) is 5.02 Å². The van der Waals surface area contributed by atoms with Gasteiger partial charge in [0.1, 0.15) is 16.8 Å². The van der Waals surface area contributed by atoms with Crippen molar-refractivity contribution in [3.05, 3.63) is 56.2 Å². The second kappa shape index (κ2) is 8.37. The van der Waals surface area contributed by atoms with Crippen molar-refractivity contribution in [3.63, 3.8) is 0 Å². The summed E-state index contributed by atoms with van der Waals surface area (Å²) in [4.78, 5) is 27.3. The number of carbonyl (C=O) groups excluding carboxylic acids is 1. The fourth-order valence-electron chi connectivity index (χ4n) is 2.89. The molecule has 0 unspecified atom stereocenters. The number of nitriles is 1. The summed E-state index contributed by atoms with van der Waals surface area (Å²) < 4.78 is 0. The quantitative estimate of drug-likeness (QED) is 0.457. The lowest BCUT2D eigenvalue weighted by molar-refractivity contribution is -0.383. The molecule has 7 nitrogen and oxygen atoms in total. The molecule has 3 rings (SSSR count). The van der Waals surface area contributed by atoms with E-state index in [1.807, 2.05) is 6.07 Å². The molecular weight excluding hydrogens is 388 g/mol. The summed E-state index contributed by atoms with van der Waals surface area (Å²) in [5, 5.41) is 23.7. The molecule has 2 aromatic rings. The predicted octanol–water partition coefficient (Wildman–Crippen LogP) is 4.12. The first kappa shape index (κ1) is 19.1. The van der Waals surface area contributed by atoms with Gasteiger partial charge < -0.3 is 5.32 Å². The first-order chi connectivity index (χ1) is 13.0. The van der Waals surface area contributed by atoms with Crippen LogP contribution >= 0.6 is 23.4 Å². The first-order valence-corrected chi connectivity index (χ1v) is 9.64. The zero-order valence-electron chi connectivity index (χ0n) is 14.2. The van der Waals surface area contributed by atoms with Gasteiger partial charge in [0.2, 0.25) is 5.91 Å². The number of halogens is 1. The summed E-state index contributed by atoms with van der Waals surface area (Å²) >= 11 is 6.92. The Labute approximate surface area is 164 Å². The van der Waals surface area contributed by atoms with E-state index in [4.69, 9.17) is 11.6 Å². The van der Waals surface area contributed by atoms with E-state index >= 15 is 0 Å². The number of pyridine rings is 1. The monoisotopic (exact) mass is 402 g/mol. The molecule has 138 valence electrons. The minimum Gasteiger partial charge on any atom is -0.320 e. The summed E-state index contributed by atoms with van der Waals surface area (Å²) in [6.45, 7) is 0. The van der Waals surface area contributed by atoms with Gasteiger partial charge in [-0.3, -0.25) is 14.9 Å². The lowest BCUT2D eigenvalue weighted by atomic mass is 9.95. The third kappa shape index (κ3) is 4.56. The molecule has 0 bridgehead atoms. The van der Waals surface area contributed by atoms with Crippen molar-refractivity contribution >= 4 is 40.6 Å². The van der Waals surface area contributed by atoms with Gasteiger partial charge in [0.25, 0.3) is 5.69 Å². The van der Waals surface area contributed by atoms with Crippen LogP contribution in [0.1, 0.15) is 29.7 Å². The molecule has 1 N–H and O–H groups in total. The fraction of sp³-hybridized carbons (Fsp3) is 0.278. The van der Waals surface area contributed by atoms with Crippen LogP contribution in [0, 0.1) is 21.4 Å². The number of carbonyl (C=O) groups is 1. The summed E-state index contributed by atoms with van der Waals surface area (Å²) in [5.41, 5.74) is 2.34. The standard InChI is InChI=1S/C18H15ClN4O3S/c19-13-5-6-15(16(8-13)23(25)26)21-17(24)10-27-18-12(9-20)7-11-3-1-2-4-14(11)22-18/h5-8H,1-4,10H2,(H,21,24). The number of benzene rings is 1. The van der Waals surface area contributed by atoms with Gasteiger partial charge in [-0.1, -0.05) is 23.4 Å². The Kier molecular flexibility index (Phi) is 5.94. The summed E-state index contributed by atoms with van der Waals surface area (Å²) in [6, 6.07) is 8.03. The van der Waals surface area contributed by atoms with E-state index in [1.54, 1.807) is 0 Å². The molecule has 1 amide bonds. The number of aromatic nitrogens is 1. The van der Waals surface area contributed by atoms with Crippen molar-refractivity contribution in [1.29, 1.82) is 5.26 Å². The normalized spacial score (nSPS) is 12.7. The van der Waals surface area contributed by atoms with E-state index in [-0.39, 0.29) is 22.2 Å². The lowest BCUT2D eigenvalue weighted by Crippen LogP contribution is -2.15. The van der Waals surface area contributed by atoms with E-state index < -0.39 is 10.8 Å². The number of nitrogens with one attached hydrogen (secondary N) is 1. The molecule has 0 fully saturated rings. The summed E-state index contributed by atoms with van der Waals surface area (Å²) in [7, 11) is 0. The maximum atomic E-state index is 12.2. The predicted molar refractivity (Wildman–Crippen MR) is 103 cm³/mol. The number of aryl methyl sites for hydroxylation is 2. The van der Waals surface area contributed by atoms with Crippen molar-refractivity contribution in [2.45, 2.75) is 30.7 Å². The van der Waals surface area contributed by atoms with Gasteiger partial charge in [-0.2, -0.15) is 5.26 Å². The molecule has 1 aromatic carbocycles. The molecule has 9 heteroatoms. The molecule has 0 spiro atoms. The van der Waals surface area contributed by atoms with Crippen molar-refractivity contribution in [1.82, 2.24) is 4.98 Å². The largest absolute Gasteiger partial charge is 0.320 e. The SMILES string of the molecule is N#Cc1cc2c(nc1SCC(=O)Nc1ccc(Cl)cc1[N+](=O)[O-])CCCC2. The highest BCUT2D eigenvalue weighted by Gasteiger charge is 2.19. The molecule has 1 aromatic heterocycles. The smallest absolute Gasteiger partial charge is 0.294 e. The maximum Gasteiger partial charge on any atom is 0.294 e. The van der Waals surface area contributed by atoms with Crippen molar-refractivity contribution in [2.75, 3.05) is 11.1 Å². The lowest BCUT2D eigenvalue weighted by Gasteiger charge is -2.16. The van der Waals surface area contributed by atoms with Gasteiger partial charge in [0, 0.05) is 16.8 Å². The molecular formula is C18H15ClN4O3S. The highest BCUT2D eigenvalue weighted by molar-refractivity contribution is 8.00. The molecule has 27 heavy (non-hydrogen) atoms. The van der Waals surface area contributed by atoms with Gasteiger partial charge in [-0.25, -0.2) is 4.98 Å². The highest BCUT2D eigenvalue weighted by atomic mass is 35.5. The van der Waals surface area contributed by atoms with Gasteiger partial charge in [0.05, 0.1) is 16.2 Å². The minimum absolute atomic E-state index is 0.0136. The van der Waals surface area contributed by atoms with Crippen LogP contribution in [-0.2, 0) is 17.6 Å². The number of thioether (sulfide) groups is 1. The molecule has 0 atom stereocenters. The van der Waals surface area contributed by atoms with E-state index in [0.29, 0.717) is 10.6 Å². The number of hydrogen-bond donors (Lipinski definition) is 1. The third-order valence-corrected chi connectivity index (χ3v) is 5.38. The highest BCUT2D eigenvalue weighted by Crippen LogP contribution is 2.29. The Hall–Kier alpha value is -2.63. The fourth-order valence-corrected chi connectivity index (χ4v) is 3.83. The van der Waals surface area contributed by atoms with Crippen molar-refractivity contribution < 1.29 is 9.72 Å². The van der Waals surface area contributed by atoms with Crippen LogP contribution < -0.4 is 5.32 Å². The maximum absolute atomic E-state index is 12.2. The Morgan fingerprint density at radius 3 is 2.89 bits per heavy atom.